The average molecular weight is 354 g/mol. The van der Waals surface area contributed by atoms with Gasteiger partial charge in [-0.2, -0.15) is 5.26 Å². The van der Waals surface area contributed by atoms with Crippen LogP contribution in [0.2, 0.25) is 0 Å². The van der Waals surface area contributed by atoms with Gasteiger partial charge in [-0.15, -0.1) is 0 Å². The van der Waals surface area contributed by atoms with Gasteiger partial charge >= 0.3 is 5.69 Å². The van der Waals surface area contributed by atoms with E-state index in [0.29, 0.717) is 12.1 Å². The molecule has 1 heterocycles. The zero-order chi connectivity index (χ0) is 19.3. The number of nitriles is 1. The predicted molar refractivity (Wildman–Crippen MR) is 95.0 cm³/mol. The quantitative estimate of drug-likeness (QED) is 0.781. The van der Waals surface area contributed by atoms with E-state index >= 15 is 0 Å². The maximum Gasteiger partial charge on any atom is 0.331 e. The Hall–Kier alpha value is -3.47. The van der Waals surface area contributed by atoms with E-state index in [1.54, 1.807) is 32.0 Å². The van der Waals surface area contributed by atoms with Gasteiger partial charge in [-0.3, -0.25) is 23.5 Å². The van der Waals surface area contributed by atoms with Gasteiger partial charge < -0.3 is 5.32 Å². The molecule has 0 spiro atoms. The molecule has 0 unspecified atom stereocenters. The van der Waals surface area contributed by atoms with E-state index in [0.717, 1.165) is 4.57 Å². The van der Waals surface area contributed by atoms with Gasteiger partial charge in [0, 0.05) is 30.4 Å². The Labute approximate surface area is 149 Å². The zero-order valence-corrected chi connectivity index (χ0v) is 14.5. The normalized spacial score (nSPS) is 10.2. The summed E-state index contributed by atoms with van der Waals surface area (Å²) in [6.07, 6.45) is 1.53. The lowest BCUT2D eigenvalue weighted by Gasteiger charge is -2.09. The van der Waals surface area contributed by atoms with Crippen molar-refractivity contribution in [2.24, 2.45) is 0 Å². The molecule has 2 rings (SSSR count). The summed E-state index contributed by atoms with van der Waals surface area (Å²) in [6.45, 7) is 3.23. The highest BCUT2D eigenvalue weighted by Crippen LogP contribution is 2.11. The van der Waals surface area contributed by atoms with E-state index < -0.39 is 23.6 Å². The van der Waals surface area contributed by atoms with Gasteiger partial charge in [-0.05, 0) is 31.2 Å². The number of carbonyl (C=O) groups is 2. The zero-order valence-electron chi connectivity index (χ0n) is 14.5. The van der Waals surface area contributed by atoms with Crippen LogP contribution in [0.1, 0.15) is 36.2 Å². The summed E-state index contributed by atoms with van der Waals surface area (Å²) in [6, 6.07) is 7.89. The van der Waals surface area contributed by atoms with Gasteiger partial charge in [0.25, 0.3) is 5.56 Å². The minimum Gasteiger partial charge on any atom is -0.326 e. The topological polar surface area (TPSA) is 114 Å². The molecule has 0 bridgehead atoms. The predicted octanol–water partition coefficient (Wildman–Crippen LogP) is 1.13. The smallest absolute Gasteiger partial charge is 0.326 e. The Morgan fingerprint density at radius 2 is 1.81 bits per heavy atom. The van der Waals surface area contributed by atoms with Gasteiger partial charge in [0.1, 0.15) is 11.6 Å². The van der Waals surface area contributed by atoms with E-state index in [1.165, 1.54) is 22.9 Å². The molecule has 26 heavy (non-hydrogen) atoms. The fraction of sp³-hybridized carbons (Fsp3) is 0.278. The van der Waals surface area contributed by atoms with E-state index in [2.05, 4.69) is 5.32 Å². The SMILES string of the molecule is CCC(=O)Nc1ccc(C(=O)Cn2c(=O)c(C#N)cn(CC)c2=O)cc1. The first kappa shape index (κ1) is 18.9. The number of Topliss-reactive ketones (excluding diaryl/α,β-unsaturated/α-hetero) is 1. The number of aryl methyl sites for hydroxylation is 1. The number of carbonyl (C=O) groups excluding carboxylic acids is 2. The number of hydrogen-bond donors (Lipinski definition) is 1. The van der Waals surface area contributed by atoms with Crippen LogP contribution in [0.5, 0.6) is 0 Å². The molecule has 1 aromatic carbocycles. The van der Waals surface area contributed by atoms with E-state index in [4.69, 9.17) is 5.26 Å². The molecule has 1 amide bonds. The summed E-state index contributed by atoms with van der Waals surface area (Å²) in [4.78, 5) is 48.3. The number of ketones is 1. The first-order chi connectivity index (χ1) is 12.4. The number of aromatic nitrogens is 2. The fourth-order valence-electron chi connectivity index (χ4n) is 2.32. The minimum atomic E-state index is -0.789. The Morgan fingerprint density at radius 1 is 1.15 bits per heavy atom. The largest absolute Gasteiger partial charge is 0.331 e. The molecule has 0 saturated carbocycles. The van der Waals surface area contributed by atoms with Crippen LogP contribution in [-0.4, -0.2) is 20.8 Å². The highest BCUT2D eigenvalue weighted by Gasteiger charge is 2.15. The molecule has 0 saturated heterocycles. The van der Waals surface area contributed by atoms with Crippen molar-refractivity contribution in [1.29, 1.82) is 5.26 Å². The fourth-order valence-corrected chi connectivity index (χ4v) is 2.32. The van der Waals surface area contributed by atoms with Gasteiger partial charge in [0.05, 0.1) is 6.54 Å². The van der Waals surface area contributed by atoms with Crippen molar-refractivity contribution in [2.45, 2.75) is 33.4 Å². The molecule has 1 N–H and O–H groups in total. The van der Waals surface area contributed by atoms with Gasteiger partial charge in [0.15, 0.2) is 5.78 Å². The monoisotopic (exact) mass is 354 g/mol. The molecular formula is C18H18N4O4. The van der Waals surface area contributed by atoms with Crippen molar-refractivity contribution in [1.82, 2.24) is 9.13 Å². The van der Waals surface area contributed by atoms with E-state index in [-0.39, 0.29) is 23.6 Å². The van der Waals surface area contributed by atoms with Crippen molar-refractivity contribution in [3.05, 3.63) is 62.4 Å². The molecule has 8 heteroatoms. The maximum absolute atomic E-state index is 12.4. The first-order valence-electron chi connectivity index (χ1n) is 8.08. The van der Waals surface area contributed by atoms with Gasteiger partial charge in [-0.25, -0.2) is 4.79 Å². The number of benzene rings is 1. The lowest BCUT2D eigenvalue weighted by Crippen LogP contribution is -2.42. The van der Waals surface area contributed by atoms with Gasteiger partial charge in [0.2, 0.25) is 5.91 Å². The summed E-state index contributed by atoms with van der Waals surface area (Å²) in [7, 11) is 0. The van der Waals surface area contributed by atoms with Crippen molar-refractivity contribution in [3.8, 4) is 6.07 Å². The van der Waals surface area contributed by atoms with Crippen LogP contribution in [-0.2, 0) is 17.9 Å². The molecule has 0 atom stereocenters. The second-order valence-electron chi connectivity index (χ2n) is 5.52. The molecule has 1 aromatic heterocycles. The molecule has 134 valence electrons. The Kier molecular flexibility index (Phi) is 5.86. The molecule has 8 nitrogen and oxygen atoms in total. The summed E-state index contributed by atoms with van der Waals surface area (Å²) in [5, 5.41) is 11.7. The van der Waals surface area contributed by atoms with Crippen molar-refractivity contribution in [3.63, 3.8) is 0 Å². The summed E-state index contributed by atoms with van der Waals surface area (Å²) >= 11 is 0. The molecular weight excluding hydrogens is 336 g/mol. The van der Waals surface area contributed by atoms with E-state index in [9.17, 15) is 19.2 Å². The van der Waals surface area contributed by atoms with Crippen LogP contribution >= 0.6 is 0 Å². The lowest BCUT2D eigenvalue weighted by atomic mass is 10.1. The highest BCUT2D eigenvalue weighted by atomic mass is 16.2. The molecule has 0 aliphatic heterocycles. The van der Waals surface area contributed by atoms with Crippen LogP contribution in [0.15, 0.2) is 40.1 Å². The average Bonchev–Trinajstić information content (AvgIpc) is 2.65. The Morgan fingerprint density at radius 3 is 2.35 bits per heavy atom. The van der Waals surface area contributed by atoms with Crippen LogP contribution in [0, 0.1) is 11.3 Å². The molecule has 2 aromatic rings. The van der Waals surface area contributed by atoms with Crippen LogP contribution in [0.4, 0.5) is 5.69 Å². The van der Waals surface area contributed by atoms with Crippen LogP contribution in [0.25, 0.3) is 0 Å². The van der Waals surface area contributed by atoms with Crippen LogP contribution < -0.4 is 16.6 Å². The summed E-state index contributed by atoms with van der Waals surface area (Å²) in [5.41, 5.74) is -0.794. The van der Waals surface area contributed by atoms with Crippen molar-refractivity contribution < 1.29 is 9.59 Å². The standard InChI is InChI=1S/C18H18N4O4/c1-3-16(24)20-14-7-5-12(6-8-14)15(23)11-22-17(25)13(9-19)10-21(4-2)18(22)26/h5-8,10H,3-4,11H2,1-2H3,(H,20,24). The molecule has 0 radical (unpaired) electrons. The number of nitrogens with one attached hydrogen (secondary N) is 1. The lowest BCUT2D eigenvalue weighted by molar-refractivity contribution is -0.115. The Balaban J connectivity index is 2.31. The third-order valence-corrected chi connectivity index (χ3v) is 3.81. The third-order valence-electron chi connectivity index (χ3n) is 3.81. The number of rotatable bonds is 6. The van der Waals surface area contributed by atoms with Crippen molar-refractivity contribution in [2.75, 3.05) is 5.32 Å². The molecule has 0 aliphatic carbocycles. The second kappa shape index (κ2) is 8.07. The van der Waals surface area contributed by atoms with E-state index in [1.807, 2.05) is 0 Å². The summed E-state index contributed by atoms with van der Waals surface area (Å²) < 4.78 is 1.97. The number of nitrogens with zero attached hydrogens (tertiary/aromatic N) is 3. The maximum atomic E-state index is 12.4. The minimum absolute atomic E-state index is 0.149. The third kappa shape index (κ3) is 3.95. The number of anilines is 1. The highest BCUT2D eigenvalue weighted by molar-refractivity contribution is 5.97. The first-order valence-corrected chi connectivity index (χ1v) is 8.08. The number of hydrogen-bond acceptors (Lipinski definition) is 5. The summed E-state index contributed by atoms with van der Waals surface area (Å²) in [5.74, 6) is -0.598. The van der Waals surface area contributed by atoms with Crippen LogP contribution in [0.3, 0.4) is 0 Å². The number of amides is 1. The van der Waals surface area contributed by atoms with Gasteiger partial charge in [-0.1, -0.05) is 6.92 Å². The Bertz CT molecular complexity index is 994. The van der Waals surface area contributed by atoms with Crippen molar-refractivity contribution >= 4 is 17.4 Å². The molecule has 0 fully saturated rings. The second-order valence-corrected chi connectivity index (χ2v) is 5.52. The molecule has 0 aliphatic rings.